The molecule has 1 aromatic rings. The fraction of sp³-hybridized carbons (Fsp3) is 0.714. The van der Waals surface area contributed by atoms with Gasteiger partial charge in [0.1, 0.15) is 5.82 Å². The first-order chi connectivity index (χ1) is 11.2. The van der Waals surface area contributed by atoms with Crippen molar-refractivity contribution in [2.24, 2.45) is 5.92 Å². The zero-order chi connectivity index (χ0) is 16.1. The maximum Gasteiger partial charge on any atom is 0.123 e. The number of hydrogen-bond acceptors (Lipinski definition) is 1. The van der Waals surface area contributed by atoms with E-state index in [1.54, 1.807) is 12.1 Å². The fourth-order valence-electron chi connectivity index (χ4n) is 4.73. The van der Waals surface area contributed by atoms with Crippen molar-refractivity contribution in [2.75, 3.05) is 19.6 Å². The van der Waals surface area contributed by atoms with E-state index in [1.807, 2.05) is 12.1 Å². The van der Waals surface area contributed by atoms with E-state index in [9.17, 15) is 4.39 Å². The lowest BCUT2D eigenvalue weighted by molar-refractivity contribution is 0.159. The second-order valence-electron chi connectivity index (χ2n) is 7.91. The van der Waals surface area contributed by atoms with Crippen LogP contribution in [-0.2, 0) is 5.41 Å². The van der Waals surface area contributed by atoms with E-state index in [0.717, 1.165) is 5.92 Å². The van der Waals surface area contributed by atoms with Gasteiger partial charge >= 0.3 is 0 Å². The molecule has 2 heteroatoms. The molecule has 2 fully saturated rings. The summed E-state index contributed by atoms with van der Waals surface area (Å²) in [6.45, 7) is 6.18. The number of benzene rings is 1. The standard InChI is InChI=1S/C21H32FN/c1-21(18-8-4-2-5-9-18,19-10-12-20(22)13-11-19)14-17-23-15-6-3-7-16-23/h10-13,18H,2-9,14-17H2,1H3. The van der Waals surface area contributed by atoms with Crippen LogP contribution in [0.4, 0.5) is 4.39 Å². The number of piperidine rings is 1. The predicted octanol–water partition coefficient (Wildman–Crippen LogP) is 5.54. The van der Waals surface area contributed by atoms with Crippen molar-refractivity contribution in [3.8, 4) is 0 Å². The fourth-order valence-corrected chi connectivity index (χ4v) is 4.73. The van der Waals surface area contributed by atoms with Gasteiger partial charge in [0.15, 0.2) is 0 Å². The van der Waals surface area contributed by atoms with E-state index in [4.69, 9.17) is 0 Å². The normalized spacial score (nSPS) is 23.6. The van der Waals surface area contributed by atoms with Gasteiger partial charge in [-0.1, -0.05) is 44.7 Å². The Morgan fingerprint density at radius 3 is 2.22 bits per heavy atom. The quantitative estimate of drug-likeness (QED) is 0.689. The monoisotopic (exact) mass is 317 g/mol. The summed E-state index contributed by atoms with van der Waals surface area (Å²) in [6, 6.07) is 7.38. The molecule has 0 amide bonds. The number of likely N-dealkylation sites (tertiary alicyclic amines) is 1. The van der Waals surface area contributed by atoms with Gasteiger partial charge in [0.2, 0.25) is 0 Å². The summed E-state index contributed by atoms with van der Waals surface area (Å²) >= 11 is 0. The van der Waals surface area contributed by atoms with E-state index in [2.05, 4.69) is 11.8 Å². The molecule has 0 N–H and O–H groups in total. The Morgan fingerprint density at radius 1 is 0.957 bits per heavy atom. The van der Waals surface area contributed by atoms with Gasteiger partial charge in [0, 0.05) is 0 Å². The van der Waals surface area contributed by atoms with Crippen LogP contribution in [0.2, 0.25) is 0 Å². The minimum absolute atomic E-state index is 0.115. The molecule has 1 atom stereocenters. The third-order valence-electron chi connectivity index (χ3n) is 6.41. The molecule has 1 heterocycles. The first kappa shape index (κ1) is 17.0. The van der Waals surface area contributed by atoms with Crippen LogP contribution in [0.5, 0.6) is 0 Å². The van der Waals surface area contributed by atoms with Crippen molar-refractivity contribution in [2.45, 2.75) is 70.1 Å². The molecule has 2 aliphatic rings. The summed E-state index contributed by atoms with van der Waals surface area (Å²) in [4.78, 5) is 2.65. The van der Waals surface area contributed by atoms with Crippen molar-refractivity contribution >= 4 is 0 Å². The Balaban J connectivity index is 1.75. The number of rotatable bonds is 5. The van der Waals surface area contributed by atoms with E-state index in [-0.39, 0.29) is 11.2 Å². The molecule has 1 aliphatic heterocycles. The molecule has 23 heavy (non-hydrogen) atoms. The van der Waals surface area contributed by atoms with Gasteiger partial charge in [-0.3, -0.25) is 0 Å². The van der Waals surface area contributed by atoms with Gasteiger partial charge in [0.25, 0.3) is 0 Å². The highest BCUT2D eigenvalue weighted by atomic mass is 19.1. The molecule has 3 rings (SSSR count). The Hall–Kier alpha value is -0.890. The molecule has 128 valence electrons. The molecule has 1 aromatic carbocycles. The summed E-state index contributed by atoms with van der Waals surface area (Å²) < 4.78 is 13.4. The first-order valence-electron chi connectivity index (χ1n) is 9.67. The van der Waals surface area contributed by atoms with Gasteiger partial charge in [-0.05, 0) is 80.8 Å². The number of hydrogen-bond donors (Lipinski definition) is 0. The Kier molecular flexibility index (Phi) is 5.74. The molecular weight excluding hydrogens is 285 g/mol. The van der Waals surface area contributed by atoms with Crippen LogP contribution in [0.1, 0.15) is 70.3 Å². The highest BCUT2D eigenvalue weighted by Gasteiger charge is 2.36. The molecule has 0 radical (unpaired) electrons. The Bertz CT molecular complexity index is 471. The summed E-state index contributed by atoms with van der Waals surface area (Å²) in [6.07, 6.45) is 12.1. The van der Waals surface area contributed by atoms with Crippen LogP contribution in [-0.4, -0.2) is 24.5 Å². The lowest BCUT2D eigenvalue weighted by Gasteiger charge is -2.42. The molecule has 1 unspecified atom stereocenters. The summed E-state index contributed by atoms with van der Waals surface area (Å²) in [5, 5.41) is 0. The number of nitrogens with zero attached hydrogens (tertiary/aromatic N) is 1. The summed E-state index contributed by atoms with van der Waals surface area (Å²) in [5.74, 6) is 0.641. The zero-order valence-electron chi connectivity index (χ0n) is 14.7. The minimum Gasteiger partial charge on any atom is -0.303 e. The van der Waals surface area contributed by atoms with Crippen LogP contribution < -0.4 is 0 Å². The number of halogens is 1. The zero-order valence-corrected chi connectivity index (χ0v) is 14.7. The molecule has 0 bridgehead atoms. The predicted molar refractivity (Wildman–Crippen MR) is 95.2 cm³/mol. The van der Waals surface area contributed by atoms with E-state index < -0.39 is 0 Å². The van der Waals surface area contributed by atoms with Crippen LogP contribution in [0.15, 0.2) is 24.3 Å². The van der Waals surface area contributed by atoms with Crippen molar-refractivity contribution in [1.29, 1.82) is 0 Å². The van der Waals surface area contributed by atoms with Crippen molar-refractivity contribution < 1.29 is 4.39 Å². The highest BCUT2D eigenvalue weighted by Crippen LogP contribution is 2.43. The summed E-state index contributed by atoms with van der Waals surface area (Å²) in [7, 11) is 0. The molecule has 0 spiro atoms. The second-order valence-corrected chi connectivity index (χ2v) is 7.91. The van der Waals surface area contributed by atoms with Crippen LogP contribution >= 0.6 is 0 Å². The van der Waals surface area contributed by atoms with Crippen LogP contribution in [0, 0.1) is 11.7 Å². The summed E-state index contributed by atoms with van der Waals surface area (Å²) in [5.41, 5.74) is 1.55. The average molecular weight is 317 g/mol. The highest BCUT2D eigenvalue weighted by molar-refractivity contribution is 5.26. The molecule has 0 aromatic heterocycles. The largest absolute Gasteiger partial charge is 0.303 e. The third-order valence-corrected chi connectivity index (χ3v) is 6.41. The van der Waals surface area contributed by atoms with Crippen molar-refractivity contribution in [3.05, 3.63) is 35.6 Å². The van der Waals surface area contributed by atoms with E-state index in [1.165, 1.54) is 83.0 Å². The smallest absolute Gasteiger partial charge is 0.123 e. The van der Waals surface area contributed by atoms with Crippen molar-refractivity contribution in [1.82, 2.24) is 4.90 Å². The van der Waals surface area contributed by atoms with Gasteiger partial charge < -0.3 is 4.90 Å². The third kappa shape index (κ3) is 4.15. The Morgan fingerprint density at radius 2 is 1.57 bits per heavy atom. The second kappa shape index (κ2) is 7.79. The van der Waals surface area contributed by atoms with Gasteiger partial charge in [-0.25, -0.2) is 4.39 Å². The first-order valence-corrected chi connectivity index (χ1v) is 9.67. The van der Waals surface area contributed by atoms with E-state index in [0.29, 0.717) is 0 Å². The Labute approximate surface area is 141 Å². The van der Waals surface area contributed by atoms with Gasteiger partial charge in [0.05, 0.1) is 0 Å². The van der Waals surface area contributed by atoms with E-state index >= 15 is 0 Å². The van der Waals surface area contributed by atoms with Crippen molar-refractivity contribution in [3.63, 3.8) is 0 Å². The van der Waals surface area contributed by atoms with Crippen LogP contribution in [0.25, 0.3) is 0 Å². The molecule has 1 nitrogen and oxygen atoms in total. The minimum atomic E-state index is -0.115. The van der Waals surface area contributed by atoms with Crippen LogP contribution in [0.3, 0.4) is 0 Å². The van der Waals surface area contributed by atoms with Gasteiger partial charge in [-0.15, -0.1) is 0 Å². The molecular formula is C21H32FN. The molecule has 1 saturated heterocycles. The maximum absolute atomic E-state index is 13.4. The lowest BCUT2D eigenvalue weighted by atomic mass is 9.64. The average Bonchev–Trinajstić information content (AvgIpc) is 2.62. The molecule has 1 saturated carbocycles. The topological polar surface area (TPSA) is 3.24 Å². The SMILES string of the molecule is CC(CCN1CCCCC1)(c1ccc(F)cc1)C1CCCCC1. The maximum atomic E-state index is 13.4. The van der Waals surface area contributed by atoms with Gasteiger partial charge in [-0.2, -0.15) is 0 Å². The lowest BCUT2D eigenvalue weighted by Crippen LogP contribution is -2.39. The molecule has 1 aliphatic carbocycles.